The number of ether oxygens (including phenoxy) is 1. The summed E-state index contributed by atoms with van der Waals surface area (Å²) < 4.78 is 4.49. The third-order valence-electron chi connectivity index (χ3n) is 4.18. The second-order valence-electron chi connectivity index (χ2n) is 5.78. The second-order valence-corrected chi connectivity index (χ2v) is 5.78. The van der Waals surface area contributed by atoms with Gasteiger partial charge in [0.05, 0.1) is 7.11 Å². The molecule has 1 aliphatic rings. The number of likely N-dealkylation sites (N-methyl/N-ethyl adjacent to an activating group) is 1. The second kappa shape index (κ2) is 9.03. The highest BCUT2D eigenvalue weighted by atomic mass is 16.5. The molecule has 8 heteroatoms. The zero-order valence-electron chi connectivity index (χ0n) is 14.5. The van der Waals surface area contributed by atoms with Gasteiger partial charge in [-0.05, 0) is 50.2 Å². The normalized spacial score (nSPS) is 17.0. The molecular formula is C17H24N4O4. The minimum absolute atomic E-state index is 0.297. The molecular weight excluding hydrogens is 324 g/mol. The van der Waals surface area contributed by atoms with Crippen molar-refractivity contribution in [3.8, 4) is 0 Å². The van der Waals surface area contributed by atoms with Crippen molar-refractivity contribution in [2.24, 2.45) is 0 Å². The van der Waals surface area contributed by atoms with Gasteiger partial charge < -0.3 is 15.4 Å². The van der Waals surface area contributed by atoms with Gasteiger partial charge in [-0.2, -0.15) is 0 Å². The predicted octanol–water partition coefficient (Wildman–Crippen LogP) is 1.40. The number of carbonyl (C=O) groups excluding carboxylic acids is 3. The number of hydrogen-bond donors (Lipinski definition) is 3. The van der Waals surface area contributed by atoms with Crippen LogP contribution in [0.4, 0.5) is 16.2 Å². The minimum Gasteiger partial charge on any atom is -0.453 e. The molecule has 136 valence electrons. The van der Waals surface area contributed by atoms with Gasteiger partial charge in [-0.1, -0.05) is 6.92 Å². The number of rotatable bonds is 5. The number of hydrogen-bond acceptors (Lipinski definition) is 5. The van der Waals surface area contributed by atoms with Crippen LogP contribution in [-0.4, -0.2) is 55.6 Å². The third kappa shape index (κ3) is 5.46. The van der Waals surface area contributed by atoms with E-state index in [1.54, 1.807) is 24.3 Å². The zero-order chi connectivity index (χ0) is 18.2. The first-order chi connectivity index (χ1) is 12.0. The average Bonchev–Trinajstić information content (AvgIpc) is 3.08. The maximum Gasteiger partial charge on any atom is 0.411 e. The van der Waals surface area contributed by atoms with E-state index in [1.807, 2.05) is 0 Å². The van der Waals surface area contributed by atoms with Gasteiger partial charge in [0.25, 0.3) is 0 Å². The van der Waals surface area contributed by atoms with E-state index in [1.165, 1.54) is 7.11 Å². The Morgan fingerprint density at radius 2 is 1.76 bits per heavy atom. The number of nitrogens with one attached hydrogen (secondary N) is 3. The van der Waals surface area contributed by atoms with Crippen LogP contribution in [0.25, 0.3) is 0 Å². The van der Waals surface area contributed by atoms with E-state index in [-0.39, 0.29) is 0 Å². The SMILES string of the molecule is CCN1CCCC1CNC(=O)C(=O)Nc1ccc(NC(=O)OC)cc1. The lowest BCUT2D eigenvalue weighted by molar-refractivity contribution is -0.136. The smallest absolute Gasteiger partial charge is 0.411 e. The van der Waals surface area contributed by atoms with Gasteiger partial charge in [-0.25, -0.2) is 4.79 Å². The summed E-state index contributed by atoms with van der Waals surface area (Å²) in [4.78, 5) is 37.3. The van der Waals surface area contributed by atoms with E-state index in [9.17, 15) is 14.4 Å². The van der Waals surface area contributed by atoms with Crippen molar-refractivity contribution in [3.05, 3.63) is 24.3 Å². The lowest BCUT2D eigenvalue weighted by Crippen LogP contribution is -2.43. The molecule has 8 nitrogen and oxygen atoms in total. The summed E-state index contributed by atoms with van der Waals surface area (Å²) in [5.41, 5.74) is 0.988. The topological polar surface area (TPSA) is 99.8 Å². The van der Waals surface area contributed by atoms with Crippen molar-refractivity contribution in [2.75, 3.05) is 37.4 Å². The Kier molecular flexibility index (Phi) is 6.76. The fraction of sp³-hybridized carbons (Fsp3) is 0.471. The summed E-state index contributed by atoms with van der Waals surface area (Å²) in [6.45, 7) is 4.54. The molecule has 0 radical (unpaired) electrons. The molecule has 3 N–H and O–H groups in total. The van der Waals surface area contributed by atoms with Gasteiger partial charge in [-0.15, -0.1) is 0 Å². The van der Waals surface area contributed by atoms with Crippen molar-refractivity contribution < 1.29 is 19.1 Å². The lowest BCUT2D eigenvalue weighted by Gasteiger charge is -2.22. The van der Waals surface area contributed by atoms with Crippen LogP contribution in [0.5, 0.6) is 0 Å². The van der Waals surface area contributed by atoms with E-state index in [2.05, 4.69) is 32.5 Å². The van der Waals surface area contributed by atoms with E-state index in [4.69, 9.17) is 0 Å². The van der Waals surface area contributed by atoms with Crippen molar-refractivity contribution in [1.82, 2.24) is 10.2 Å². The molecule has 0 aromatic heterocycles. The Morgan fingerprint density at radius 1 is 1.12 bits per heavy atom. The van der Waals surface area contributed by atoms with Crippen LogP contribution in [0.2, 0.25) is 0 Å². The summed E-state index contributed by atoms with van der Waals surface area (Å²) in [6.07, 6.45) is 1.57. The van der Waals surface area contributed by atoms with E-state index < -0.39 is 17.9 Å². The number of methoxy groups -OCH3 is 1. The third-order valence-corrected chi connectivity index (χ3v) is 4.18. The van der Waals surface area contributed by atoms with Gasteiger partial charge in [-0.3, -0.25) is 19.8 Å². The molecule has 1 saturated heterocycles. The molecule has 2 rings (SSSR count). The van der Waals surface area contributed by atoms with Gasteiger partial charge in [0.15, 0.2) is 0 Å². The fourth-order valence-corrected chi connectivity index (χ4v) is 2.83. The van der Waals surface area contributed by atoms with Gasteiger partial charge in [0, 0.05) is 24.0 Å². The van der Waals surface area contributed by atoms with Crippen LogP contribution in [0, 0.1) is 0 Å². The molecule has 1 aromatic carbocycles. The minimum atomic E-state index is -0.713. The molecule has 0 aliphatic carbocycles. The van der Waals surface area contributed by atoms with Gasteiger partial charge >= 0.3 is 17.9 Å². The number of carbonyl (C=O) groups is 3. The highest BCUT2D eigenvalue weighted by molar-refractivity contribution is 6.39. The zero-order valence-corrected chi connectivity index (χ0v) is 14.5. The van der Waals surface area contributed by atoms with Crippen LogP contribution in [0.1, 0.15) is 19.8 Å². The van der Waals surface area contributed by atoms with Crippen LogP contribution >= 0.6 is 0 Å². The molecule has 1 aliphatic heterocycles. The molecule has 25 heavy (non-hydrogen) atoms. The number of amides is 3. The lowest BCUT2D eigenvalue weighted by atomic mass is 10.2. The van der Waals surface area contributed by atoms with E-state index >= 15 is 0 Å². The summed E-state index contributed by atoms with van der Waals surface area (Å²) >= 11 is 0. The Balaban J connectivity index is 1.80. The first-order valence-electron chi connectivity index (χ1n) is 8.31. The van der Waals surface area contributed by atoms with Crippen molar-refractivity contribution in [2.45, 2.75) is 25.8 Å². The standard InChI is InChI=1S/C17H24N4O4/c1-3-21-10-4-5-14(21)11-18-15(22)16(23)19-12-6-8-13(9-7-12)20-17(24)25-2/h6-9,14H,3-5,10-11H2,1-2H3,(H,18,22)(H,19,23)(H,20,24). The monoisotopic (exact) mass is 348 g/mol. The molecule has 0 spiro atoms. The average molecular weight is 348 g/mol. The van der Waals surface area contributed by atoms with Crippen LogP contribution < -0.4 is 16.0 Å². The summed E-state index contributed by atoms with van der Waals surface area (Å²) in [6, 6.07) is 6.67. The summed E-state index contributed by atoms with van der Waals surface area (Å²) in [5, 5.41) is 7.71. The van der Waals surface area contributed by atoms with Crippen molar-refractivity contribution in [3.63, 3.8) is 0 Å². The van der Waals surface area contributed by atoms with E-state index in [0.29, 0.717) is 24.0 Å². The molecule has 3 amide bonds. The van der Waals surface area contributed by atoms with Crippen LogP contribution in [0.15, 0.2) is 24.3 Å². The quantitative estimate of drug-likeness (QED) is 0.699. The number of nitrogens with zero attached hydrogens (tertiary/aromatic N) is 1. The highest BCUT2D eigenvalue weighted by Gasteiger charge is 2.24. The number of anilines is 2. The molecule has 1 unspecified atom stereocenters. The van der Waals surface area contributed by atoms with Crippen LogP contribution in [-0.2, 0) is 14.3 Å². The maximum absolute atomic E-state index is 12.0. The molecule has 1 heterocycles. The number of benzene rings is 1. The Morgan fingerprint density at radius 3 is 2.36 bits per heavy atom. The van der Waals surface area contributed by atoms with Crippen LogP contribution in [0.3, 0.4) is 0 Å². The molecule has 1 atom stereocenters. The fourth-order valence-electron chi connectivity index (χ4n) is 2.83. The largest absolute Gasteiger partial charge is 0.453 e. The Labute approximate surface area is 146 Å². The Hall–Kier alpha value is -2.61. The molecule has 0 saturated carbocycles. The Bertz CT molecular complexity index is 618. The first-order valence-corrected chi connectivity index (χ1v) is 8.31. The maximum atomic E-state index is 12.0. The number of likely N-dealkylation sites (tertiary alicyclic amines) is 1. The highest BCUT2D eigenvalue weighted by Crippen LogP contribution is 2.16. The van der Waals surface area contributed by atoms with Crippen molar-refractivity contribution >= 4 is 29.3 Å². The van der Waals surface area contributed by atoms with Crippen molar-refractivity contribution in [1.29, 1.82) is 0 Å². The molecule has 1 fully saturated rings. The van der Waals surface area contributed by atoms with Gasteiger partial charge in [0.1, 0.15) is 0 Å². The first kappa shape index (κ1) is 18.7. The van der Waals surface area contributed by atoms with Gasteiger partial charge in [0.2, 0.25) is 0 Å². The molecule has 0 bridgehead atoms. The predicted molar refractivity (Wildman–Crippen MR) is 94.4 cm³/mol. The summed E-state index contributed by atoms with van der Waals surface area (Å²) in [7, 11) is 1.27. The molecule has 1 aromatic rings. The summed E-state index contributed by atoms with van der Waals surface area (Å²) in [5.74, 6) is -1.37. The van der Waals surface area contributed by atoms with E-state index in [0.717, 1.165) is 25.9 Å².